The van der Waals surface area contributed by atoms with Crippen LogP contribution in [0.2, 0.25) is 0 Å². The van der Waals surface area contributed by atoms with E-state index in [4.69, 9.17) is 5.11 Å². The van der Waals surface area contributed by atoms with Crippen LogP contribution >= 0.6 is 0 Å². The Morgan fingerprint density at radius 2 is 2.21 bits per heavy atom. The maximum atomic E-state index is 8.60. The highest BCUT2D eigenvalue weighted by atomic mass is 16.2. The van der Waals surface area contributed by atoms with Gasteiger partial charge in [0.1, 0.15) is 0 Å². The van der Waals surface area contributed by atoms with Gasteiger partial charge in [0.05, 0.1) is 0 Å². The number of hydrogen-bond acceptors (Lipinski definition) is 3. The van der Waals surface area contributed by atoms with Gasteiger partial charge < -0.3 is 15.7 Å². The Balaban J connectivity index is 1.82. The molecule has 0 aromatic rings. The van der Waals surface area contributed by atoms with Gasteiger partial charge in [-0.1, -0.05) is 0 Å². The molecule has 3 N–H and O–H groups in total. The Morgan fingerprint density at radius 1 is 1.29 bits per heavy atom. The van der Waals surface area contributed by atoms with Crippen molar-refractivity contribution < 1.29 is 5.11 Å². The molecule has 1 fully saturated rings. The number of rotatable bonds is 7. The second-order valence-corrected chi connectivity index (χ2v) is 4.20. The van der Waals surface area contributed by atoms with Crippen LogP contribution in [0.1, 0.15) is 32.1 Å². The van der Waals surface area contributed by atoms with Gasteiger partial charge in [-0.05, 0) is 64.2 Å². The normalized spacial score (nSPS) is 22.5. The summed E-state index contributed by atoms with van der Waals surface area (Å²) in [5, 5.41) is 15.5. The van der Waals surface area contributed by atoms with E-state index in [0.29, 0.717) is 6.61 Å². The monoisotopic (exact) mass is 200 g/mol. The predicted molar refractivity (Wildman–Crippen MR) is 59.4 cm³/mol. The topological polar surface area (TPSA) is 44.3 Å². The van der Waals surface area contributed by atoms with E-state index in [0.717, 1.165) is 31.8 Å². The molecule has 0 saturated carbocycles. The largest absolute Gasteiger partial charge is 0.396 e. The second-order valence-electron chi connectivity index (χ2n) is 4.20. The van der Waals surface area contributed by atoms with Gasteiger partial charge in [0.15, 0.2) is 0 Å². The molecule has 84 valence electrons. The fraction of sp³-hybridized carbons (Fsp3) is 1.00. The van der Waals surface area contributed by atoms with Crippen molar-refractivity contribution in [2.75, 3.05) is 32.8 Å². The summed E-state index contributed by atoms with van der Waals surface area (Å²) in [6, 6.07) is 0. The van der Waals surface area contributed by atoms with Crippen LogP contribution in [0.3, 0.4) is 0 Å². The quantitative estimate of drug-likeness (QED) is 0.531. The smallest absolute Gasteiger partial charge is 0.0431 e. The highest BCUT2D eigenvalue weighted by molar-refractivity contribution is 4.70. The maximum Gasteiger partial charge on any atom is 0.0431 e. The zero-order valence-corrected chi connectivity index (χ0v) is 9.10. The number of piperidine rings is 1. The lowest BCUT2D eigenvalue weighted by Gasteiger charge is -2.22. The molecule has 0 aromatic heterocycles. The highest BCUT2D eigenvalue weighted by Crippen LogP contribution is 2.08. The zero-order chi connectivity index (χ0) is 10.1. The van der Waals surface area contributed by atoms with E-state index >= 15 is 0 Å². The molecule has 1 atom stereocenters. The van der Waals surface area contributed by atoms with Crippen LogP contribution in [-0.4, -0.2) is 37.9 Å². The first-order chi connectivity index (χ1) is 6.93. The van der Waals surface area contributed by atoms with E-state index in [1.54, 1.807) is 0 Å². The van der Waals surface area contributed by atoms with Crippen molar-refractivity contribution in [1.29, 1.82) is 0 Å². The number of aliphatic hydroxyl groups excluding tert-OH is 1. The lowest BCUT2D eigenvalue weighted by molar-refractivity contribution is 0.282. The third-order valence-corrected chi connectivity index (χ3v) is 2.84. The highest BCUT2D eigenvalue weighted by Gasteiger charge is 2.11. The van der Waals surface area contributed by atoms with E-state index in [1.807, 2.05) is 0 Å². The minimum Gasteiger partial charge on any atom is -0.396 e. The molecule has 0 spiro atoms. The number of nitrogens with one attached hydrogen (secondary N) is 2. The zero-order valence-electron chi connectivity index (χ0n) is 9.10. The summed E-state index contributed by atoms with van der Waals surface area (Å²) in [5.74, 6) is 0.835. The molecule has 1 unspecified atom stereocenters. The molecule has 0 aromatic carbocycles. The molecule has 0 bridgehead atoms. The van der Waals surface area contributed by atoms with Gasteiger partial charge in [0, 0.05) is 6.61 Å². The van der Waals surface area contributed by atoms with Crippen LogP contribution in [0.25, 0.3) is 0 Å². The van der Waals surface area contributed by atoms with E-state index in [1.165, 1.54) is 32.4 Å². The summed E-state index contributed by atoms with van der Waals surface area (Å²) in [7, 11) is 0. The molecule has 0 amide bonds. The third-order valence-electron chi connectivity index (χ3n) is 2.84. The van der Waals surface area contributed by atoms with Crippen LogP contribution in [0.15, 0.2) is 0 Å². The first-order valence-electron chi connectivity index (χ1n) is 5.96. The van der Waals surface area contributed by atoms with Gasteiger partial charge in [-0.15, -0.1) is 0 Å². The van der Waals surface area contributed by atoms with E-state index < -0.39 is 0 Å². The average molecular weight is 200 g/mol. The molecule has 1 saturated heterocycles. The van der Waals surface area contributed by atoms with Crippen molar-refractivity contribution in [3.05, 3.63) is 0 Å². The van der Waals surface area contributed by atoms with Gasteiger partial charge in [-0.2, -0.15) is 0 Å². The molecular formula is C11H24N2O. The maximum absolute atomic E-state index is 8.60. The summed E-state index contributed by atoms with van der Waals surface area (Å²) in [5.41, 5.74) is 0. The van der Waals surface area contributed by atoms with E-state index in [-0.39, 0.29) is 0 Å². The molecule has 3 heteroatoms. The van der Waals surface area contributed by atoms with Crippen molar-refractivity contribution in [2.24, 2.45) is 5.92 Å². The summed E-state index contributed by atoms with van der Waals surface area (Å²) in [6.07, 6.45) is 5.99. The third kappa shape index (κ3) is 5.58. The Bertz CT molecular complexity index is 124. The van der Waals surface area contributed by atoms with Gasteiger partial charge in [-0.25, -0.2) is 0 Å². The van der Waals surface area contributed by atoms with Crippen LogP contribution < -0.4 is 10.6 Å². The Morgan fingerprint density at radius 3 is 2.93 bits per heavy atom. The lowest BCUT2D eigenvalue weighted by Crippen LogP contribution is -2.36. The van der Waals surface area contributed by atoms with Gasteiger partial charge in [0.2, 0.25) is 0 Å². The van der Waals surface area contributed by atoms with Crippen LogP contribution in [0, 0.1) is 5.92 Å². The van der Waals surface area contributed by atoms with Gasteiger partial charge in [0.25, 0.3) is 0 Å². The Hall–Kier alpha value is -0.120. The minimum atomic E-state index is 0.340. The summed E-state index contributed by atoms with van der Waals surface area (Å²) < 4.78 is 0. The van der Waals surface area contributed by atoms with Crippen LogP contribution in [0.5, 0.6) is 0 Å². The fourth-order valence-electron chi connectivity index (χ4n) is 1.94. The fourth-order valence-corrected chi connectivity index (χ4v) is 1.94. The molecule has 1 heterocycles. The molecule has 3 nitrogen and oxygen atoms in total. The van der Waals surface area contributed by atoms with Crippen molar-refractivity contribution in [2.45, 2.75) is 32.1 Å². The molecule has 1 aliphatic heterocycles. The molecule has 14 heavy (non-hydrogen) atoms. The summed E-state index contributed by atoms with van der Waals surface area (Å²) >= 11 is 0. The first-order valence-corrected chi connectivity index (χ1v) is 5.96. The Labute approximate surface area is 87.3 Å². The molecular weight excluding hydrogens is 176 g/mol. The molecule has 1 rings (SSSR count). The predicted octanol–water partition coefficient (Wildman–Crippen LogP) is 0.738. The standard InChI is InChI=1S/C11H24N2O/c14-8-3-1-2-6-12-9-11-5-4-7-13-10-11/h11-14H,1-10H2. The minimum absolute atomic E-state index is 0.340. The van der Waals surface area contributed by atoms with E-state index in [2.05, 4.69) is 10.6 Å². The Kier molecular flexibility index (Phi) is 7.01. The number of hydrogen-bond donors (Lipinski definition) is 3. The molecule has 0 aliphatic carbocycles. The molecule has 1 aliphatic rings. The number of unbranched alkanes of at least 4 members (excludes halogenated alkanes) is 2. The lowest BCUT2D eigenvalue weighted by atomic mass is 10.00. The first kappa shape index (κ1) is 12.0. The average Bonchev–Trinajstić information content (AvgIpc) is 2.25. The summed E-state index contributed by atoms with van der Waals surface area (Å²) in [6.45, 7) is 4.99. The molecule has 0 radical (unpaired) electrons. The summed E-state index contributed by atoms with van der Waals surface area (Å²) in [4.78, 5) is 0. The SMILES string of the molecule is OCCCCCNCC1CCCNC1. The number of aliphatic hydroxyl groups is 1. The van der Waals surface area contributed by atoms with Crippen LogP contribution in [-0.2, 0) is 0 Å². The van der Waals surface area contributed by atoms with Gasteiger partial charge in [-0.3, -0.25) is 0 Å². The van der Waals surface area contributed by atoms with E-state index in [9.17, 15) is 0 Å². The van der Waals surface area contributed by atoms with Crippen molar-refractivity contribution in [3.8, 4) is 0 Å². The van der Waals surface area contributed by atoms with Crippen LogP contribution in [0.4, 0.5) is 0 Å². The van der Waals surface area contributed by atoms with Crippen molar-refractivity contribution in [1.82, 2.24) is 10.6 Å². The second kappa shape index (κ2) is 8.21. The van der Waals surface area contributed by atoms with Gasteiger partial charge >= 0.3 is 0 Å². The van der Waals surface area contributed by atoms with Crippen molar-refractivity contribution in [3.63, 3.8) is 0 Å². The van der Waals surface area contributed by atoms with Crippen molar-refractivity contribution >= 4 is 0 Å².